The molecule has 2 rings (SSSR count). The van der Waals surface area contributed by atoms with Crippen LogP contribution in [0.25, 0.3) is 11.3 Å². The van der Waals surface area contributed by atoms with E-state index in [-0.39, 0.29) is 10.8 Å². The monoisotopic (exact) mass is 318 g/mol. The molecule has 0 aliphatic heterocycles. The molecule has 0 saturated heterocycles. The van der Waals surface area contributed by atoms with Crippen molar-refractivity contribution in [2.24, 2.45) is 0 Å². The molecule has 4 nitrogen and oxygen atoms in total. The van der Waals surface area contributed by atoms with Crippen molar-refractivity contribution in [3.8, 4) is 22.8 Å². The first-order valence-electron chi connectivity index (χ1n) is 5.69. The van der Waals surface area contributed by atoms with Gasteiger partial charge >= 0.3 is 6.18 Å². The van der Waals surface area contributed by atoms with Crippen molar-refractivity contribution in [3.05, 3.63) is 35.2 Å². The summed E-state index contributed by atoms with van der Waals surface area (Å²) in [6.07, 6.45) is -4.69. The number of ether oxygens (including phenoxy) is 2. The lowest BCUT2D eigenvalue weighted by molar-refractivity contribution is -0.144. The summed E-state index contributed by atoms with van der Waals surface area (Å²) >= 11 is 5.65. The minimum Gasteiger partial charge on any atom is -0.497 e. The normalized spacial score (nSPS) is 11.3. The maximum absolute atomic E-state index is 12.8. The molecular weight excluding hydrogens is 309 g/mol. The van der Waals surface area contributed by atoms with Crippen LogP contribution in [0.1, 0.15) is 5.82 Å². The van der Waals surface area contributed by atoms with Crippen LogP contribution in [0.3, 0.4) is 0 Å². The van der Waals surface area contributed by atoms with Gasteiger partial charge in [-0.05, 0) is 18.2 Å². The van der Waals surface area contributed by atoms with E-state index in [1.165, 1.54) is 26.4 Å². The minimum absolute atomic E-state index is 0.00178. The van der Waals surface area contributed by atoms with E-state index in [1.807, 2.05) is 0 Å². The van der Waals surface area contributed by atoms with E-state index < -0.39 is 12.0 Å². The SMILES string of the molecule is COc1ccc(OC)c(-c2cc(Cl)nc(C(F)(F)F)n2)c1. The third-order valence-electron chi connectivity index (χ3n) is 2.63. The van der Waals surface area contributed by atoms with Gasteiger partial charge in [-0.25, -0.2) is 9.97 Å². The van der Waals surface area contributed by atoms with Crippen LogP contribution in [0.4, 0.5) is 13.2 Å². The average molecular weight is 319 g/mol. The number of benzene rings is 1. The lowest BCUT2D eigenvalue weighted by Crippen LogP contribution is -2.11. The van der Waals surface area contributed by atoms with E-state index in [9.17, 15) is 13.2 Å². The second-order valence-corrected chi connectivity index (χ2v) is 4.35. The summed E-state index contributed by atoms with van der Waals surface area (Å²) in [4.78, 5) is 6.69. The van der Waals surface area contributed by atoms with Gasteiger partial charge in [-0.2, -0.15) is 13.2 Å². The molecule has 1 aromatic heterocycles. The summed E-state index contributed by atoms with van der Waals surface area (Å²) in [5.41, 5.74) is 0.324. The standard InChI is InChI=1S/C13H10ClF3N2O2/c1-20-7-3-4-10(21-2)8(5-7)9-6-11(14)19-12(18-9)13(15,16)17/h3-6H,1-2H3. The molecule has 0 aliphatic carbocycles. The van der Waals surface area contributed by atoms with Gasteiger partial charge in [-0.15, -0.1) is 0 Å². The van der Waals surface area contributed by atoms with E-state index in [1.54, 1.807) is 12.1 Å². The van der Waals surface area contributed by atoms with Gasteiger partial charge < -0.3 is 9.47 Å². The summed E-state index contributed by atoms with van der Waals surface area (Å²) < 4.78 is 48.4. The molecule has 0 spiro atoms. The highest BCUT2D eigenvalue weighted by atomic mass is 35.5. The zero-order valence-corrected chi connectivity index (χ0v) is 11.8. The summed E-state index contributed by atoms with van der Waals surface area (Å²) in [5.74, 6) is -0.511. The van der Waals surface area contributed by atoms with E-state index in [2.05, 4.69) is 9.97 Å². The van der Waals surface area contributed by atoms with Gasteiger partial charge in [-0.1, -0.05) is 11.6 Å². The average Bonchev–Trinajstić information content (AvgIpc) is 2.45. The van der Waals surface area contributed by atoms with E-state index >= 15 is 0 Å². The van der Waals surface area contributed by atoms with Crippen LogP contribution in [0.5, 0.6) is 11.5 Å². The molecule has 0 atom stereocenters. The van der Waals surface area contributed by atoms with Crippen molar-refractivity contribution >= 4 is 11.6 Å². The Hall–Kier alpha value is -2.02. The zero-order valence-electron chi connectivity index (χ0n) is 11.0. The number of alkyl halides is 3. The van der Waals surface area contributed by atoms with E-state index in [0.717, 1.165) is 0 Å². The van der Waals surface area contributed by atoms with Crippen molar-refractivity contribution < 1.29 is 22.6 Å². The van der Waals surface area contributed by atoms with Crippen molar-refractivity contribution in [1.29, 1.82) is 0 Å². The molecule has 112 valence electrons. The van der Waals surface area contributed by atoms with Gasteiger partial charge in [0.15, 0.2) is 0 Å². The lowest BCUT2D eigenvalue weighted by Gasteiger charge is -2.12. The van der Waals surface area contributed by atoms with E-state index in [4.69, 9.17) is 21.1 Å². The third kappa shape index (κ3) is 3.36. The molecule has 0 N–H and O–H groups in total. The maximum atomic E-state index is 12.8. The highest BCUT2D eigenvalue weighted by Crippen LogP contribution is 2.35. The highest BCUT2D eigenvalue weighted by molar-refractivity contribution is 6.29. The van der Waals surface area contributed by atoms with Gasteiger partial charge in [0.25, 0.3) is 0 Å². The Balaban J connectivity index is 2.63. The molecule has 1 heterocycles. The van der Waals surface area contributed by atoms with Crippen LogP contribution in [-0.4, -0.2) is 24.2 Å². The number of hydrogen-bond donors (Lipinski definition) is 0. The molecule has 0 fully saturated rings. The summed E-state index contributed by atoms with van der Waals surface area (Å²) in [5, 5.41) is -0.308. The first kappa shape index (κ1) is 15.4. The van der Waals surface area contributed by atoms with Crippen LogP contribution in [0.15, 0.2) is 24.3 Å². The van der Waals surface area contributed by atoms with Crippen molar-refractivity contribution in [2.45, 2.75) is 6.18 Å². The molecule has 0 radical (unpaired) electrons. The topological polar surface area (TPSA) is 44.2 Å². The number of nitrogens with zero attached hydrogens (tertiary/aromatic N) is 2. The molecule has 0 aliphatic rings. The molecule has 1 aromatic carbocycles. The van der Waals surface area contributed by atoms with Gasteiger partial charge in [0.1, 0.15) is 16.7 Å². The Morgan fingerprint density at radius 2 is 1.76 bits per heavy atom. The van der Waals surface area contributed by atoms with Crippen LogP contribution >= 0.6 is 11.6 Å². The van der Waals surface area contributed by atoms with Crippen LogP contribution in [0, 0.1) is 0 Å². The molecule has 2 aromatic rings. The van der Waals surface area contributed by atoms with Crippen LogP contribution in [-0.2, 0) is 6.18 Å². The largest absolute Gasteiger partial charge is 0.497 e. The highest BCUT2D eigenvalue weighted by Gasteiger charge is 2.35. The predicted octanol–water partition coefficient (Wildman–Crippen LogP) is 3.83. The third-order valence-corrected chi connectivity index (χ3v) is 2.82. The Labute approximate surface area is 123 Å². The number of halogens is 4. The molecule has 0 saturated carbocycles. The second-order valence-electron chi connectivity index (χ2n) is 3.96. The maximum Gasteiger partial charge on any atom is 0.451 e. The number of methoxy groups -OCH3 is 2. The molecule has 0 bridgehead atoms. The van der Waals surface area contributed by atoms with E-state index in [0.29, 0.717) is 17.1 Å². The molecule has 0 unspecified atom stereocenters. The zero-order chi connectivity index (χ0) is 15.6. The number of hydrogen-bond acceptors (Lipinski definition) is 4. The van der Waals surface area contributed by atoms with Gasteiger partial charge in [0.05, 0.1) is 19.9 Å². The van der Waals surface area contributed by atoms with Gasteiger partial charge in [0, 0.05) is 11.6 Å². The smallest absolute Gasteiger partial charge is 0.451 e. The fourth-order valence-corrected chi connectivity index (χ4v) is 1.88. The Morgan fingerprint density at radius 3 is 2.33 bits per heavy atom. The number of rotatable bonds is 3. The minimum atomic E-state index is -4.69. The Kier molecular flexibility index (Phi) is 4.22. The quantitative estimate of drug-likeness (QED) is 0.807. The van der Waals surface area contributed by atoms with Crippen LogP contribution in [0.2, 0.25) is 5.15 Å². The van der Waals surface area contributed by atoms with Crippen molar-refractivity contribution in [1.82, 2.24) is 9.97 Å². The Bertz CT molecular complexity index is 662. The fraction of sp³-hybridized carbons (Fsp3) is 0.231. The Morgan fingerprint density at radius 1 is 1.05 bits per heavy atom. The summed E-state index contributed by atoms with van der Waals surface area (Å²) in [7, 11) is 2.85. The molecular formula is C13H10ClF3N2O2. The van der Waals surface area contributed by atoms with Crippen molar-refractivity contribution in [3.63, 3.8) is 0 Å². The van der Waals surface area contributed by atoms with Crippen molar-refractivity contribution in [2.75, 3.05) is 14.2 Å². The fourth-order valence-electron chi connectivity index (χ4n) is 1.70. The van der Waals surface area contributed by atoms with Gasteiger partial charge in [0.2, 0.25) is 5.82 Å². The predicted molar refractivity (Wildman–Crippen MR) is 70.6 cm³/mol. The van der Waals surface area contributed by atoms with Gasteiger partial charge in [-0.3, -0.25) is 0 Å². The first-order valence-corrected chi connectivity index (χ1v) is 6.07. The number of aromatic nitrogens is 2. The van der Waals surface area contributed by atoms with Crippen LogP contribution < -0.4 is 9.47 Å². The second kappa shape index (κ2) is 5.77. The first-order chi connectivity index (χ1) is 9.85. The lowest BCUT2D eigenvalue weighted by atomic mass is 10.1. The molecule has 0 amide bonds. The molecule has 8 heteroatoms. The summed E-state index contributed by atoms with van der Waals surface area (Å²) in [6.45, 7) is 0. The summed E-state index contributed by atoms with van der Waals surface area (Å²) in [6, 6.07) is 5.93. The molecule has 21 heavy (non-hydrogen) atoms.